The lowest BCUT2D eigenvalue weighted by molar-refractivity contribution is -0.359. The van der Waals surface area contributed by atoms with E-state index in [1.165, 1.54) is 89.9 Å². The van der Waals surface area contributed by atoms with Crippen LogP contribution in [-0.2, 0) is 23.7 Å². The summed E-state index contributed by atoms with van der Waals surface area (Å²) in [5.74, 6) is -0.262. The molecule has 0 aromatic carbocycles. The van der Waals surface area contributed by atoms with E-state index in [9.17, 15) is 45.6 Å². The molecule has 12 atom stereocenters. The molecule has 0 bridgehead atoms. The lowest BCUT2D eigenvalue weighted by Gasteiger charge is -2.46. The molecule has 2 saturated heterocycles. The van der Waals surface area contributed by atoms with Gasteiger partial charge in [0.15, 0.2) is 12.6 Å². The zero-order valence-corrected chi connectivity index (χ0v) is 43.2. The normalized spacial score (nSPS) is 26.4. The number of carbonyl (C=O) groups is 1. The molecule has 14 nitrogen and oxygen atoms in total. The molecule has 406 valence electrons. The van der Waals surface area contributed by atoms with Gasteiger partial charge in [0.2, 0.25) is 5.91 Å². The van der Waals surface area contributed by atoms with Crippen LogP contribution in [0.15, 0.2) is 60.8 Å². The summed E-state index contributed by atoms with van der Waals surface area (Å²) in [6.45, 7) is 2.65. The third-order valence-corrected chi connectivity index (χ3v) is 13.2. The van der Waals surface area contributed by atoms with Gasteiger partial charge >= 0.3 is 0 Å². The lowest BCUT2D eigenvalue weighted by atomic mass is 9.97. The second-order valence-electron chi connectivity index (χ2n) is 19.3. The fourth-order valence-corrected chi connectivity index (χ4v) is 8.73. The number of aliphatic hydroxyl groups is 8. The maximum Gasteiger partial charge on any atom is 0.220 e. The van der Waals surface area contributed by atoms with Crippen molar-refractivity contribution >= 4 is 5.91 Å². The van der Waals surface area contributed by atoms with Crippen LogP contribution >= 0.6 is 0 Å². The molecule has 0 radical (unpaired) electrons. The van der Waals surface area contributed by atoms with Gasteiger partial charge in [0.1, 0.15) is 48.8 Å². The van der Waals surface area contributed by atoms with Crippen LogP contribution < -0.4 is 5.32 Å². The Bertz CT molecular complexity index is 1410. The molecule has 70 heavy (non-hydrogen) atoms. The molecule has 1 amide bonds. The van der Waals surface area contributed by atoms with E-state index in [-0.39, 0.29) is 18.9 Å². The van der Waals surface area contributed by atoms with Crippen LogP contribution in [0.2, 0.25) is 0 Å². The van der Waals surface area contributed by atoms with E-state index in [2.05, 4.69) is 67.8 Å². The third kappa shape index (κ3) is 28.2. The van der Waals surface area contributed by atoms with Crippen molar-refractivity contribution in [2.24, 2.45) is 0 Å². The minimum atomic E-state index is -1.79. The maximum atomic E-state index is 13.2. The van der Waals surface area contributed by atoms with Gasteiger partial charge in [-0.1, -0.05) is 184 Å². The van der Waals surface area contributed by atoms with Gasteiger partial charge in [0, 0.05) is 6.42 Å². The van der Waals surface area contributed by atoms with Gasteiger partial charge in [-0.25, -0.2) is 0 Å². The Morgan fingerprint density at radius 1 is 0.529 bits per heavy atom. The second-order valence-corrected chi connectivity index (χ2v) is 19.3. The number of hydrogen-bond donors (Lipinski definition) is 9. The van der Waals surface area contributed by atoms with Crippen molar-refractivity contribution in [3.8, 4) is 0 Å². The highest BCUT2D eigenvalue weighted by Crippen LogP contribution is 2.30. The monoisotopic (exact) mass is 994 g/mol. The Balaban J connectivity index is 1.84. The number of ether oxygens (including phenoxy) is 4. The van der Waals surface area contributed by atoms with Crippen molar-refractivity contribution in [3.05, 3.63) is 60.8 Å². The first-order chi connectivity index (χ1) is 34.1. The lowest BCUT2D eigenvalue weighted by Crippen LogP contribution is -2.65. The van der Waals surface area contributed by atoms with Gasteiger partial charge in [-0.05, 0) is 64.2 Å². The van der Waals surface area contributed by atoms with Crippen LogP contribution in [0.25, 0.3) is 0 Å². The predicted octanol–water partition coefficient (Wildman–Crippen LogP) is 8.22. The molecular formula is C56H99NO13. The molecule has 0 aliphatic carbocycles. The summed E-state index contributed by atoms with van der Waals surface area (Å²) in [5, 5.41) is 86.9. The quantitative estimate of drug-likeness (QED) is 0.0208. The van der Waals surface area contributed by atoms with Crippen molar-refractivity contribution in [3.63, 3.8) is 0 Å². The molecule has 14 heteroatoms. The van der Waals surface area contributed by atoms with Crippen LogP contribution in [0.5, 0.6) is 0 Å². The van der Waals surface area contributed by atoms with Crippen LogP contribution in [0.4, 0.5) is 0 Å². The Labute approximate surface area is 422 Å². The minimum Gasteiger partial charge on any atom is -0.394 e. The second kappa shape index (κ2) is 42.1. The first kappa shape index (κ1) is 63.8. The molecule has 2 aliphatic heterocycles. The van der Waals surface area contributed by atoms with Crippen molar-refractivity contribution < 1.29 is 64.6 Å². The number of nitrogens with one attached hydrogen (secondary N) is 1. The van der Waals surface area contributed by atoms with Crippen molar-refractivity contribution in [2.75, 3.05) is 19.8 Å². The van der Waals surface area contributed by atoms with Crippen LogP contribution in [-0.4, -0.2) is 140 Å². The molecule has 2 heterocycles. The fourth-order valence-electron chi connectivity index (χ4n) is 8.73. The molecule has 0 aromatic rings. The van der Waals surface area contributed by atoms with Crippen LogP contribution in [0.3, 0.4) is 0 Å². The molecule has 0 saturated carbocycles. The van der Waals surface area contributed by atoms with E-state index in [1.807, 2.05) is 6.08 Å². The number of rotatable bonds is 42. The Morgan fingerprint density at radius 3 is 1.57 bits per heavy atom. The molecule has 2 aliphatic rings. The highest BCUT2D eigenvalue weighted by atomic mass is 16.7. The van der Waals surface area contributed by atoms with Crippen molar-refractivity contribution in [1.29, 1.82) is 0 Å². The topological polar surface area (TPSA) is 228 Å². The molecule has 9 N–H and O–H groups in total. The highest BCUT2D eigenvalue weighted by molar-refractivity contribution is 5.76. The summed E-state index contributed by atoms with van der Waals surface area (Å²) in [6, 6.07) is -0.938. The van der Waals surface area contributed by atoms with Gasteiger partial charge in [-0.15, -0.1) is 0 Å². The van der Waals surface area contributed by atoms with E-state index in [0.717, 1.165) is 70.6 Å². The van der Waals surface area contributed by atoms with E-state index >= 15 is 0 Å². The smallest absolute Gasteiger partial charge is 0.220 e. The van der Waals surface area contributed by atoms with Gasteiger partial charge < -0.3 is 65.1 Å². The van der Waals surface area contributed by atoms with Crippen molar-refractivity contribution in [1.82, 2.24) is 5.32 Å². The maximum absolute atomic E-state index is 13.2. The SMILES string of the molecule is CC/C=C\C/C=C\C/C=C\CCCCCCCCCC(=O)NC(COC1OC(CO)C(OC2OC(CO)C(O)C(O)C2O)C(O)C1O)C(O)/C=C/CC/C=C/CCCCCCCCCCCCCCC. The number of unbranched alkanes of at least 4 members (excludes halogenated alkanes) is 21. The largest absolute Gasteiger partial charge is 0.394 e. The molecule has 2 fully saturated rings. The zero-order chi connectivity index (χ0) is 51.0. The number of carbonyl (C=O) groups excluding carboxylic acids is 1. The highest BCUT2D eigenvalue weighted by Gasteiger charge is 2.51. The predicted molar refractivity (Wildman–Crippen MR) is 277 cm³/mol. The Hall–Kier alpha value is -2.31. The molecular weight excluding hydrogens is 895 g/mol. The fraction of sp³-hybridized carbons (Fsp3) is 0.804. The third-order valence-electron chi connectivity index (χ3n) is 13.2. The molecule has 0 spiro atoms. The Kier molecular flexibility index (Phi) is 38.4. The first-order valence-corrected chi connectivity index (χ1v) is 27.5. The van der Waals surface area contributed by atoms with Gasteiger partial charge in [-0.2, -0.15) is 0 Å². The van der Waals surface area contributed by atoms with Crippen LogP contribution in [0.1, 0.15) is 194 Å². The summed E-state index contributed by atoms with van der Waals surface area (Å²) >= 11 is 0. The summed E-state index contributed by atoms with van der Waals surface area (Å²) in [6.07, 6.45) is 35.4. The average molecular weight is 994 g/mol. The summed E-state index contributed by atoms with van der Waals surface area (Å²) in [4.78, 5) is 13.2. The van der Waals surface area contributed by atoms with Gasteiger partial charge in [0.05, 0.1) is 32.0 Å². The average Bonchev–Trinajstić information content (AvgIpc) is 3.36. The molecule has 12 unspecified atom stereocenters. The van der Waals surface area contributed by atoms with Crippen LogP contribution in [0, 0.1) is 0 Å². The minimum absolute atomic E-state index is 0.260. The van der Waals surface area contributed by atoms with Gasteiger partial charge in [-0.3, -0.25) is 4.79 Å². The molecule has 0 aromatic heterocycles. The number of hydrogen-bond acceptors (Lipinski definition) is 13. The standard InChI is InChI=1S/C56H99NO13/c1-3-5-7-9-11-13-15-17-19-21-22-24-25-27-29-31-33-35-37-39-45(60)44(57-48(61)40-38-36-34-32-30-28-26-23-20-18-16-14-12-10-8-6-4-2)43-67-55-53(66)51(64)54(47(42-59)69-55)70-56-52(65)50(63)49(62)46(41-58)68-56/h6,8,12,14,18,20,29,31,37,39,44-47,49-56,58-60,62-66H,3-5,7,9-11,13,15-17,19,21-28,30,32-36,38,40-43H2,1-2H3,(H,57,61)/b8-6-,14-12-,20-18-,31-29+,39-37+. The summed E-state index contributed by atoms with van der Waals surface area (Å²) in [5.41, 5.74) is 0. The molecule has 2 rings (SSSR count). The van der Waals surface area contributed by atoms with Crippen molar-refractivity contribution in [2.45, 2.75) is 267 Å². The number of aliphatic hydroxyl groups excluding tert-OH is 8. The zero-order valence-electron chi connectivity index (χ0n) is 43.2. The van der Waals surface area contributed by atoms with Gasteiger partial charge in [0.25, 0.3) is 0 Å². The Morgan fingerprint density at radius 2 is 1.00 bits per heavy atom. The summed E-state index contributed by atoms with van der Waals surface area (Å²) in [7, 11) is 0. The summed E-state index contributed by atoms with van der Waals surface area (Å²) < 4.78 is 22.7. The van der Waals surface area contributed by atoms with E-state index in [4.69, 9.17) is 18.9 Å². The first-order valence-electron chi connectivity index (χ1n) is 27.5. The number of amides is 1. The van der Waals surface area contributed by atoms with E-state index in [0.29, 0.717) is 12.8 Å². The van der Waals surface area contributed by atoms with E-state index < -0.39 is 86.8 Å². The van der Waals surface area contributed by atoms with E-state index in [1.54, 1.807) is 6.08 Å². The number of allylic oxidation sites excluding steroid dienone is 9.